The Labute approximate surface area is 246 Å². The fourth-order valence-corrected chi connectivity index (χ4v) is 5.00. The molecular weight excluding hydrogens is 617 g/mol. The highest BCUT2D eigenvalue weighted by atomic mass is 35.7. The highest BCUT2D eigenvalue weighted by molar-refractivity contribution is 6.04. The molecule has 0 saturated carbocycles. The van der Waals surface area contributed by atoms with Crippen LogP contribution in [0.3, 0.4) is 0 Å². The van der Waals surface area contributed by atoms with E-state index >= 15 is 0 Å². The van der Waals surface area contributed by atoms with Crippen LogP contribution in [-0.2, 0) is 0 Å². The molecule has 5 aromatic heterocycles. The van der Waals surface area contributed by atoms with Crippen LogP contribution >= 0.6 is 0 Å². The van der Waals surface area contributed by atoms with Crippen molar-refractivity contribution in [1.82, 2.24) is 8.80 Å². The van der Waals surface area contributed by atoms with Gasteiger partial charge in [-0.2, -0.15) is 8.80 Å². The maximum atomic E-state index is 11.7. The smallest absolute Gasteiger partial charge is 0.269 e. The first-order valence-corrected chi connectivity index (χ1v) is 14.3. The minimum absolute atomic E-state index is 0.0615. The third kappa shape index (κ3) is 6.45. The number of anilines is 2. The summed E-state index contributed by atoms with van der Waals surface area (Å²) in [6.07, 6.45) is 4.08. The number of pyridine rings is 2. The molecule has 0 radical (unpaired) electrons. The lowest BCUT2D eigenvalue weighted by Crippen LogP contribution is -2.68. The number of nitrogens with zero attached hydrogens (tertiary/aromatic N) is 7. The van der Waals surface area contributed by atoms with Crippen molar-refractivity contribution in [3.8, 4) is 0 Å². The van der Waals surface area contributed by atoms with E-state index in [0.29, 0.717) is 0 Å². The molecule has 0 unspecified atom stereocenters. The van der Waals surface area contributed by atoms with Crippen LogP contribution in [0, 0.1) is 30.6 Å². The van der Waals surface area contributed by atoms with Crippen LogP contribution in [0.25, 0.3) is 33.1 Å². The molecule has 1 aromatic carbocycles. The Bertz CT molecular complexity index is 1960. The lowest BCUT2D eigenvalue weighted by molar-refractivity contribution is -2.00. The van der Waals surface area contributed by atoms with Gasteiger partial charge in [0.2, 0.25) is 0 Å². The monoisotopic (exact) mass is 639 g/mol. The summed E-state index contributed by atoms with van der Waals surface area (Å²) in [5.41, 5.74) is 5.82. The topological polar surface area (TPSA) is 251 Å². The SMILES string of the molecule is CN(C)c1n2c3ccc([N+](=O)[O-])cc3n3c(N(C)C)[n+]4ccccc4c3c2c2cccc[n+]12.[O-][Cl+3]([O-])([O-])[O-].[O-][Cl+3]([O-])([O-])[O-]. The van der Waals surface area contributed by atoms with E-state index in [1.165, 1.54) is 0 Å². The first kappa shape index (κ1) is 31.8. The Morgan fingerprint density at radius 3 is 1.42 bits per heavy atom. The molecule has 0 amide bonds. The van der Waals surface area contributed by atoms with Gasteiger partial charge in [-0.1, -0.05) is 12.1 Å². The normalized spacial score (nSPS) is 11.9. The summed E-state index contributed by atoms with van der Waals surface area (Å²) in [6.45, 7) is 0. The number of rotatable bonds is 3. The number of aromatic nitrogens is 4. The van der Waals surface area contributed by atoms with Crippen molar-refractivity contribution in [1.29, 1.82) is 0 Å². The van der Waals surface area contributed by atoms with Gasteiger partial charge in [0, 0.05) is 6.07 Å². The summed E-state index contributed by atoms with van der Waals surface area (Å²) in [7, 11) is -1.88. The van der Waals surface area contributed by atoms with Gasteiger partial charge in [0.1, 0.15) is 5.52 Å². The predicted octanol–water partition coefficient (Wildman–Crippen LogP) is -6.65. The van der Waals surface area contributed by atoms with Gasteiger partial charge < -0.3 is 0 Å². The second kappa shape index (κ2) is 11.5. The fraction of sp³-hybridized carbons (Fsp3) is 0.167. The molecule has 228 valence electrons. The summed E-state index contributed by atoms with van der Waals surface area (Å²) in [4.78, 5) is 15.5. The van der Waals surface area contributed by atoms with E-state index < -0.39 is 20.5 Å². The van der Waals surface area contributed by atoms with E-state index in [-0.39, 0.29) is 10.6 Å². The van der Waals surface area contributed by atoms with Gasteiger partial charge in [-0.05, 0) is 30.3 Å². The highest BCUT2D eigenvalue weighted by Gasteiger charge is 2.33. The Morgan fingerprint density at radius 2 is 1.05 bits per heavy atom. The molecule has 0 fully saturated rings. The van der Waals surface area contributed by atoms with Crippen molar-refractivity contribution in [3.63, 3.8) is 0 Å². The molecule has 0 aliphatic heterocycles. The van der Waals surface area contributed by atoms with Crippen molar-refractivity contribution < 1.29 is 71.5 Å². The third-order valence-corrected chi connectivity index (χ3v) is 6.16. The molecule has 0 aliphatic carbocycles. The van der Waals surface area contributed by atoms with Crippen molar-refractivity contribution in [2.24, 2.45) is 0 Å². The summed E-state index contributed by atoms with van der Waals surface area (Å²) in [6, 6.07) is 17.4. The first-order chi connectivity index (χ1) is 19.9. The number of non-ortho nitro benzene ring substituents is 1. The molecule has 6 aromatic rings. The van der Waals surface area contributed by atoms with E-state index in [4.69, 9.17) is 37.3 Å². The zero-order valence-corrected chi connectivity index (χ0v) is 24.3. The van der Waals surface area contributed by atoms with E-state index in [1.807, 2.05) is 69.6 Å². The van der Waals surface area contributed by atoms with Crippen LogP contribution in [0.1, 0.15) is 0 Å². The van der Waals surface area contributed by atoms with Crippen molar-refractivity contribution in [3.05, 3.63) is 77.1 Å². The number of nitro groups is 1. The molecule has 0 N–H and O–H groups in total. The summed E-state index contributed by atoms with van der Waals surface area (Å²) in [5.74, 6) is 1.87. The molecular formula is C24H23Cl2N7O10. The number of imidazole rings is 2. The Morgan fingerprint density at radius 1 is 0.651 bits per heavy atom. The molecule has 0 atom stereocenters. The number of nitro benzene ring substituents is 1. The van der Waals surface area contributed by atoms with E-state index in [0.717, 1.165) is 45.0 Å². The number of hydrogen-bond acceptors (Lipinski definition) is 12. The molecule has 17 nitrogen and oxygen atoms in total. The molecule has 19 heteroatoms. The molecule has 0 aliphatic rings. The Kier molecular flexibility index (Phi) is 8.51. The van der Waals surface area contributed by atoms with Crippen LogP contribution < -0.4 is 55.9 Å². The van der Waals surface area contributed by atoms with Crippen molar-refractivity contribution in [2.45, 2.75) is 0 Å². The molecule has 5 heterocycles. The van der Waals surface area contributed by atoms with Gasteiger partial charge in [-0.15, -0.1) is 20.5 Å². The summed E-state index contributed by atoms with van der Waals surface area (Å²) < 4.78 is 76.6. The second-order valence-electron chi connectivity index (χ2n) is 9.35. The fourth-order valence-electron chi connectivity index (χ4n) is 5.00. The number of halogens is 2. The standard InChI is InChI=1S/C24H23N7O2.2ClHO4/c1-25(2)23-27-13-7-5-9-18(27)21-22-19-10-6-8-14-28(19)24(26(3)4)30(22)20-15-16(31(32)33)11-12-17(20)29(21)23;2*2-1(3,4)5/h5-15H,1-4H3;2*(H,2,3,4,5)/q+2;;/p-2. The van der Waals surface area contributed by atoms with Crippen molar-refractivity contribution >= 4 is 50.7 Å². The van der Waals surface area contributed by atoms with Gasteiger partial charge in [-0.25, -0.2) is 46.1 Å². The van der Waals surface area contributed by atoms with Gasteiger partial charge in [-0.3, -0.25) is 19.9 Å². The van der Waals surface area contributed by atoms with E-state index in [2.05, 4.69) is 40.8 Å². The van der Waals surface area contributed by atoms with Crippen LogP contribution in [0.2, 0.25) is 0 Å². The minimum Gasteiger partial charge on any atom is -0.269 e. The molecule has 43 heavy (non-hydrogen) atoms. The van der Waals surface area contributed by atoms with Gasteiger partial charge >= 0.3 is 11.9 Å². The highest BCUT2D eigenvalue weighted by Crippen LogP contribution is 2.34. The van der Waals surface area contributed by atoms with Crippen LogP contribution in [0.4, 0.5) is 17.6 Å². The lowest BCUT2D eigenvalue weighted by atomic mass is 10.2. The van der Waals surface area contributed by atoms with E-state index in [9.17, 15) is 10.1 Å². The van der Waals surface area contributed by atoms with Gasteiger partial charge in [0.15, 0.2) is 27.6 Å². The second-order valence-corrected chi connectivity index (χ2v) is 10.9. The lowest BCUT2D eigenvalue weighted by Gasteiger charge is -2.17. The minimum atomic E-state index is -4.94. The zero-order chi connectivity index (χ0) is 32.0. The summed E-state index contributed by atoms with van der Waals surface area (Å²) in [5, 5.41) is 11.7. The molecule has 0 saturated heterocycles. The first-order valence-electron chi connectivity index (χ1n) is 11.9. The van der Waals surface area contributed by atoms with Crippen LogP contribution in [0.15, 0.2) is 67.0 Å². The summed E-state index contributed by atoms with van der Waals surface area (Å²) >= 11 is 0. The average Bonchev–Trinajstić information content (AvgIpc) is 3.40. The largest absolute Gasteiger partial charge is 0.370 e. The number of hydrogen-bond donors (Lipinski definition) is 0. The maximum absolute atomic E-state index is 11.7. The average molecular weight is 640 g/mol. The number of benzene rings is 1. The number of fused-ring (bicyclic) bond motifs is 10. The van der Waals surface area contributed by atoms with E-state index in [1.54, 1.807) is 12.1 Å². The third-order valence-electron chi connectivity index (χ3n) is 6.16. The Balaban J connectivity index is 0.000000369. The van der Waals surface area contributed by atoms with Crippen LogP contribution in [-0.4, -0.2) is 41.9 Å². The van der Waals surface area contributed by atoms with Gasteiger partial charge in [0.25, 0.3) is 5.69 Å². The maximum Gasteiger partial charge on any atom is 0.370 e. The molecule has 0 spiro atoms. The quantitative estimate of drug-likeness (QED) is 0.0994. The van der Waals surface area contributed by atoms with Gasteiger partial charge in [0.05, 0.1) is 51.6 Å². The van der Waals surface area contributed by atoms with Crippen molar-refractivity contribution in [2.75, 3.05) is 38.0 Å². The molecule has 6 rings (SSSR count). The molecule has 0 bridgehead atoms. The predicted molar refractivity (Wildman–Crippen MR) is 127 cm³/mol. The zero-order valence-electron chi connectivity index (χ0n) is 22.8. The van der Waals surface area contributed by atoms with Crippen LogP contribution in [0.5, 0.6) is 0 Å². The Hall–Kier alpha value is -4.14.